The molecule has 0 aliphatic rings. The van der Waals surface area contributed by atoms with Gasteiger partial charge in [-0.2, -0.15) is 0 Å². The summed E-state index contributed by atoms with van der Waals surface area (Å²) in [5, 5.41) is 10.1. The number of rotatable bonds is 9. The Kier molecular flexibility index (Phi) is 9.35. The minimum Gasteiger partial charge on any atom is -0.325 e. The number of aryl methyl sites for hydroxylation is 2. The van der Waals surface area contributed by atoms with E-state index in [0.717, 1.165) is 21.0 Å². The van der Waals surface area contributed by atoms with Crippen LogP contribution in [0, 0.1) is 13.8 Å². The molecular formula is C31H29N3O3S2. The summed E-state index contributed by atoms with van der Waals surface area (Å²) in [6.07, 6.45) is 1.65. The Balaban J connectivity index is 1.44. The molecule has 0 aliphatic heterocycles. The van der Waals surface area contributed by atoms with E-state index in [1.54, 1.807) is 36.4 Å². The van der Waals surface area contributed by atoms with Gasteiger partial charge in [-0.05, 0) is 91.9 Å². The van der Waals surface area contributed by atoms with Crippen LogP contribution in [0.5, 0.6) is 0 Å². The van der Waals surface area contributed by atoms with Crippen LogP contribution in [-0.2, 0) is 9.59 Å². The molecule has 1 unspecified atom stereocenters. The van der Waals surface area contributed by atoms with Gasteiger partial charge in [-0.25, -0.2) is 0 Å². The van der Waals surface area contributed by atoms with Crippen molar-refractivity contribution < 1.29 is 14.4 Å². The third-order valence-electron chi connectivity index (χ3n) is 5.91. The zero-order valence-electron chi connectivity index (χ0n) is 21.9. The molecule has 1 aromatic heterocycles. The molecule has 4 rings (SSSR count). The summed E-state index contributed by atoms with van der Waals surface area (Å²) in [6.45, 7) is 5.88. The number of nitrogens with one attached hydrogen (secondary N) is 3. The van der Waals surface area contributed by atoms with Crippen molar-refractivity contribution in [1.82, 2.24) is 5.32 Å². The summed E-state index contributed by atoms with van der Waals surface area (Å²) in [7, 11) is 0. The lowest BCUT2D eigenvalue weighted by Gasteiger charge is -2.14. The van der Waals surface area contributed by atoms with Crippen molar-refractivity contribution in [2.24, 2.45) is 0 Å². The Morgan fingerprint density at radius 1 is 0.821 bits per heavy atom. The first-order valence-corrected chi connectivity index (χ1v) is 14.1. The number of amides is 3. The van der Waals surface area contributed by atoms with Crippen LogP contribution in [0.2, 0.25) is 0 Å². The lowest BCUT2D eigenvalue weighted by atomic mass is 10.1. The van der Waals surface area contributed by atoms with Gasteiger partial charge in [0.25, 0.3) is 11.8 Å². The van der Waals surface area contributed by atoms with Crippen molar-refractivity contribution in [3.8, 4) is 0 Å². The van der Waals surface area contributed by atoms with E-state index in [-0.39, 0.29) is 22.8 Å². The van der Waals surface area contributed by atoms with Crippen LogP contribution in [0.1, 0.15) is 33.3 Å². The van der Waals surface area contributed by atoms with Crippen molar-refractivity contribution in [2.75, 3.05) is 10.6 Å². The molecule has 4 aromatic rings. The second-order valence-corrected chi connectivity index (χ2v) is 11.3. The van der Waals surface area contributed by atoms with Crippen molar-refractivity contribution in [3.05, 3.63) is 118 Å². The largest absolute Gasteiger partial charge is 0.325 e. The number of thiophene rings is 1. The normalized spacial score (nSPS) is 11.9. The minimum absolute atomic E-state index is 0.109. The highest BCUT2D eigenvalue weighted by atomic mass is 32.2. The highest BCUT2D eigenvalue weighted by Gasteiger charge is 2.17. The maximum Gasteiger partial charge on any atom is 0.272 e. The van der Waals surface area contributed by atoms with Gasteiger partial charge in [0.1, 0.15) is 5.70 Å². The van der Waals surface area contributed by atoms with Gasteiger partial charge >= 0.3 is 0 Å². The Bertz CT molecular complexity index is 1500. The maximum absolute atomic E-state index is 13.2. The fourth-order valence-electron chi connectivity index (χ4n) is 3.62. The molecule has 0 bridgehead atoms. The molecule has 0 saturated heterocycles. The fraction of sp³-hybridized carbons (Fsp3) is 0.129. The topological polar surface area (TPSA) is 87.3 Å². The number of thioether (sulfide) groups is 1. The second kappa shape index (κ2) is 13.1. The smallest absolute Gasteiger partial charge is 0.272 e. The van der Waals surface area contributed by atoms with Gasteiger partial charge in [0.2, 0.25) is 5.91 Å². The van der Waals surface area contributed by atoms with Crippen molar-refractivity contribution in [3.63, 3.8) is 0 Å². The molecule has 0 spiro atoms. The van der Waals surface area contributed by atoms with E-state index in [0.29, 0.717) is 11.3 Å². The number of anilines is 2. The van der Waals surface area contributed by atoms with E-state index in [2.05, 4.69) is 16.0 Å². The number of benzene rings is 3. The Labute approximate surface area is 236 Å². The van der Waals surface area contributed by atoms with Gasteiger partial charge in [-0.15, -0.1) is 23.1 Å². The molecule has 39 heavy (non-hydrogen) atoms. The van der Waals surface area contributed by atoms with Crippen molar-refractivity contribution in [2.45, 2.75) is 30.9 Å². The quantitative estimate of drug-likeness (QED) is 0.155. The molecule has 3 aromatic carbocycles. The van der Waals surface area contributed by atoms with Crippen LogP contribution < -0.4 is 16.0 Å². The number of carbonyl (C=O) groups is 3. The molecule has 6 nitrogen and oxygen atoms in total. The van der Waals surface area contributed by atoms with Crippen LogP contribution in [0.25, 0.3) is 6.08 Å². The number of hydrogen-bond acceptors (Lipinski definition) is 5. The molecule has 1 atom stereocenters. The summed E-state index contributed by atoms with van der Waals surface area (Å²) in [4.78, 5) is 40.5. The van der Waals surface area contributed by atoms with Gasteiger partial charge in [0.05, 0.1) is 5.25 Å². The highest BCUT2D eigenvalue weighted by molar-refractivity contribution is 8.00. The van der Waals surface area contributed by atoms with E-state index in [1.165, 1.54) is 28.7 Å². The standard InChI is InChI=1S/C31H29N3O3S2/c1-20-14-15-25(17-21(20)2)32-29(35)22(3)39-27-12-7-11-24(18-27)33-31(37)28(19-26-13-8-16-38-26)34-30(36)23-9-5-4-6-10-23/h4-19,22H,1-3H3,(H,32,35)(H,33,37)(H,34,36)/b28-19-. The van der Waals surface area contributed by atoms with Gasteiger partial charge in [0.15, 0.2) is 0 Å². The summed E-state index contributed by atoms with van der Waals surface area (Å²) in [5.41, 5.74) is 4.18. The third kappa shape index (κ3) is 7.92. The lowest BCUT2D eigenvalue weighted by molar-refractivity contribution is -0.115. The van der Waals surface area contributed by atoms with E-state index in [9.17, 15) is 14.4 Å². The van der Waals surface area contributed by atoms with Crippen LogP contribution >= 0.6 is 23.1 Å². The van der Waals surface area contributed by atoms with Crippen LogP contribution in [0.3, 0.4) is 0 Å². The van der Waals surface area contributed by atoms with Gasteiger partial charge in [-0.3, -0.25) is 14.4 Å². The Hall–Kier alpha value is -4.14. The third-order valence-corrected chi connectivity index (χ3v) is 7.82. The molecule has 3 N–H and O–H groups in total. The summed E-state index contributed by atoms with van der Waals surface area (Å²) in [6, 6.07) is 25.6. The average Bonchev–Trinajstić information content (AvgIpc) is 3.44. The molecule has 1 heterocycles. The fourth-order valence-corrected chi connectivity index (χ4v) is 5.21. The second-order valence-electron chi connectivity index (χ2n) is 8.92. The van der Waals surface area contributed by atoms with Crippen LogP contribution in [0.15, 0.2) is 101 Å². The summed E-state index contributed by atoms with van der Waals surface area (Å²) < 4.78 is 0. The molecule has 0 radical (unpaired) electrons. The molecular weight excluding hydrogens is 526 g/mol. The average molecular weight is 556 g/mol. The highest BCUT2D eigenvalue weighted by Crippen LogP contribution is 2.27. The summed E-state index contributed by atoms with van der Waals surface area (Å²) in [5.74, 6) is -0.931. The van der Waals surface area contributed by atoms with Crippen LogP contribution in [0.4, 0.5) is 11.4 Å². The van der Waals surface area contributed by atoms with Crippen LogP contribution in [-0.4, -0.2) is 23.0 Å². The predicted molar refractivity (Wildman–Crippen MR) is 161 cm³/mol. The first-order valence-electron chi connectivity index (χ1n) is 12.4. The maximum atomic E-state index is 13.2. The summed E-state index contributed by atoms with van der Waals surface area (Å²) >= 11 is 2.86. The van der Waals surface area contributed by atoms with E-state index < -0.39 is 5.91 Å². The molecule has 3 amide bonds. The van der Waals surface area contributed by atoms with Gasteiger partial charge in [0, 0.05) is 26.7 Å². The molecule has 198 valence electrons. The zero-order chi connectivity index (χ0) is 27.8. The minimum atomic E-state index is -0.449. The first kappa shape index (κ1) is 27.9. The van der Waals surface area contributed by atoms with Gasteiger partial charge < -0.3 is 16.0 Å². The van der Waals surface area contributed by atoms with E-state index in [1.807, 2.05) is 80.7 Å². The monoisotopic (exact) mass is 555 g/mol. The molecule has 8 heteroatoms. The number of carbonyl (C=O) groups excluding carboxylic acids is 3. The van der Waals surface area contributed by atoms with E-state index in [4.69, 9.17) is 0 Å². The Morgan fingerprint density at radius 2 is 1.59 bits per heavy atom. The zero-order valence-corrected chi connectivity index (χ0v) is 23.5. The molecule has 0 saturated carbocycles. The number of hydrogen-bond donors (Lipinski definition) is 3. The van der Waals surface area contributed by atoms with Crippen molar-refractivity contribution >= 4 is 58.3 Å². The Morgan fingerprint density at radius 3 is 2.31 bits per heavy atom. The van der Waals surface area contributed by atoms with E-state index >= 15 is 0 Å². The lowest BCUT2D eigenvalue weighted by Crippen LogP contribution is -2.30. The molecule has 0 fully saturated rings. The van der Waals surface area contributed by atoms with Gasteiger partial charge in [-0.1, -0.05) is 36.4 Å². The predicted octanol–water partition coefficient (Wildman–Crippen LogP) is 6.89. The SMILES string of the molecule is Cc1ccc(NC(=O)C(C)Sc2cccc(NC(=O)/C(=C/c3cccs3)NC(=O)c3ccccc3)c2)cc1C. The molecule has 0 aliphatic carbocycles. The van der Waals surface area contributed by atoms with Crippen molar-refractivity contribution in [1.29, 1.82) is 0 Å². The first-order chi connectivity index (χ1) is 18.8.